The van der Waals surface area contributed by atoms with Gasteiger partial charge < -0.3 is 18.9 Å². The third-order valence-corrected chi connectivity index (χ3v) is 3.50. The minimum atomic E-state index is -1.49. The number of hydrogen-bond acceptors (Lipinski definition) is 8. The Labute approximate surface area is 138 Å². The number of methoxy groups -OCH3 is 4. The van der Waals surface area contributed by atoms with Crippen molar-refractivity contribution in [1.82, 2.24) is 0 Å². The van der Waals surface area contributed by atoms with E-state index in [4.69, 9.17) is 9.47 Å². The van der Waals surface area contributed by atoms with Crippen molar-refractivity contribution in [2.75, 3.05) is 35.0 Å². The molecular formula is C15H19NO8. The maximum atomic E-state index is 12.0. The largest absolute Gasteiger partial charge is 0.497 e. The highest BCUT2D eigenvalue weighted by molar-refractivity contribution is 5.96. The molecule has 1 atom stereocenters. The fourth-order valence-electron chi connectivity index (χ4n) is 2.35. The second-order valence-corrected chi connectivity index (χ2v) is 4.75. The molecule has 0 spiro atoms. The van der Waals surface area contributed by atoms with E-state index in [9.17, 15) is 19.7 Å². The van der Waals surface area contributed by atoms with Crippen LogP contribution in [0.1, 0.15) is 11.5 Å². The van der Waals surface area contributed by atoms with Crippen molar-refractivity contribution in [3.63, 3.8) is 0 Å². The second-order valence-electron chi connectivity index (χ2n) is 4.75. The molecule has 0 amide bonds. The summed E-state index contributed by atoms with van der Waals surface area (Å²) in [7, 11) is 5.00. The van der Waals surface area contributed by atoms with Crippen LogP contribution in [0.4, 0.5) is 0 Å². The van der Waals surface area contributed by atoms with E-state index in [-0.39, 0.29) is 5.75 Å². The molecule has 0 unspecified atom stereocenters. The number of esters is 2. The molecule has 1 aromatic rings. The van der Waals surface area contributed by atoms with Gasteiger partial charge in [-0.1, -0.05) is 6.07 Å². The molecule has 0 radical (unpaired) electrons. The minimum absolute atomic E-state index is 0.249. The lowest BCUT2D eigenvalue weighted by Crippen LogP contribution is -2.35. The van der Waals surface area contributed by atoms with Gasteiger partial charge in [-0.25, -0.2) is 0 Å². The first kappa shape index (κ1) is 19.2. The van der Waals surface area contributed by atoms with Crippen LogP contribution in [0, 0.1) is 16.0 Å². The van der Waals surface area contributed by atoms with E-state index in [0.717, 1.165) is 14.2 Å². The first-order valence-corrected chi connectivity index (χ1v) is 6.88. The van der Waals surface area contributed by atoms with Gasteiger partial charge in [-0.15, -0.1) is 0 Å². The summed E-state index contributed by atoms with van der Waals surface area (Å²) in [6.07, 6.45) is 0. The summed E-state index contributed by atoms with van der Waals surface area (Å²) < 4.78 is 19.5. The van der Waals surface area contributed by atoms with Crippen LogP contribution >= 0.6 is 0 Å². The summed E-state index contributed by atoms with van der Waals surface area (Å²) >= 11 is 0. The zero-order valence-electron chi connectivity index (χ0n) is 13.8. The molecular weight excluding hydrogens is 322 g/mol. The first-order chi connectivity index (χ1) is 11.4. The van der Waals surface area contributed by atoms with Gasteiger partial charge in [0.25, 0.3) is 0 Å². The highest BCUT2D eigenvalue weighted by atomic mass is 16.6. The highest BCUT2D eigenvalue weighted by Crippen LogP contribution is 2.36. The summed E-state index contributed by atoms with van der Waals surface area (Å²) in [6, 6.07) is 4.56. The Balaban J connectivity index is 3.46. The number of ether oxygens (including phenoxy) is 4. The third kappa shape index (κ3) is 4.34. The average Bonchev–Trinajstić information content (AvgIpc) is 2.59. The summed E-state index contributed by atoms with van der Waals surface area (Å²) in [5, 5.41) is 11.1. The van der Waals surface area contributed by atoms with Crippen LogP contribution in [-0.4, -0.2) is 51.8 Å². The van der Waals surface area contributed by atoms with Crippen LogP contribution in [0.5, 0.6) is 11.5 Å². The smallest absolute Gasteiger partial charge is 0.320 e. The summed E-state index contributed by atoms with van der Waals surface area (Å²) in [6.45, 7) is -0.683. The minimum Gasteiger partial charge on any atom is -0.497 e. The van der Waals surface area contributed by atoms with E-state index in [0.29, 0.717) is 11.3 Å². The van der Waals surface area contributed by atoms with Crippen LogP contribution in [0.15, 0.2) is 18.2 Å². The van der Waals surface area contributed by atoms with Gasteiger partial charge in [-0.05, 0) is 6.07 Å². The molecule has 132 valence electrons. The number of nitro groups is 1. The number of carbonyl (C=O) groups excluding carboxylic acids is 2. The Morgan fingerprint density at radius 1 is 1.08 bits per heavy atom. The van der Waals surface area contributed by atoms with Gasteiger partial charge in [0, 0.05) is 16.6 Å². The Morgan fingerprint density at radius 2 is 1.67 bits per heavy atom. The summed E-state index contributed by atoms with van der Waals surface area (Å²) in [5.74, 6) is -3.76. The Kier molecular flexibility index (Phi) is 6.97. The normalized spacial score (nSPS) is 11.5. The zero-order chi connectivity index (χ0) is 18.3. The van der Waals surface area contributed by atoms with Crippen LogP contribution < -0.4 is 9.47 Å². The average molecular weight is 341 g/mol. The number of rotatable bonds is 8. The van der Waals surface area contributed by atoms with E-state index in [1.165, 1.54) is 26.4 Å². The van der Waals surface area contributed by atoms with Crippen molar-refractivity contribution < 1.29 is 33.5 Å². The van der Waals surface area contributed by atoms with E-state index < -0.39 is 35.2 Å². The number of carbonyl (C=O) groups is 2. The molecule has 0 heterocycles. The molecule has 0 aliphatic rings. The topological polar surface area (TPSA) is 114 Å². The third-order valence-electron chi connectivity index (χ3n) is 3.50. The number of nitrogens with zero attached hydrogens (tertiary/aromatic N) is 1. The van der Waals surface area contributed by atoms with E-state index in [1.54, 1.807) is 6.07 Å². The van der Waals surface area contributed by atoms with Crippen LogP contribution in [0.3, 0.4) is 0 Å². The lowest BCUT2D eigenvalue weighted by atomic mass is 9.85. The summed E-state index contributed by atoms with van der Waals surface area (Å²) in [4.78, 5) is 34.5. The predicted octanol–water partition coefficient (Wildman–Crippen LogP) is 1.03. The van der Waals surface area contributed by atoms with Gasteiger partial charge in [0.1, 0.15) is 11.5 Å². The molecule has 0 bridgehead atoms. The van der Waals surface area contributed by atoms with Crippen LogP contribution in [0.2, 0.25) is 0 Å². The van der Waals surface area contributed by atoms with Gasteiger partial charge in [0.05, 0.1) is 34.4 Å². The van der Waals surface area contributed by atoms with Crippen molar-refractivity contribution in [1.29, 1.82) is 0 Å². The lowest BCUT2D eigenvalue weighted by molar-refractivity contribution is -0.484. The maximum absolute atomic E-state index is 12.0. The van der Waals surface area contributed by atoms with Gasteiger partial charge in [-0.2, -0.15) is 0 Å². The van der Waals surface area contributed by atoms with Crippen LogP contribution in [0.25, 0.3) is 0 Å². The quantitative estimate of drug-likeness (QED) is 0.298. The van der Waals surface area contributed by atoms with Gasteiger partial charge >= 0.3 is 11.9 Å². The zero-order valence-corrected chi connectivity index (χ0v) is 13.8. The van der Waals surface area contributed by atoms with E-state index in [1.807, 2.05) is 0 Å². The predicted molar refractivity (Wildman–Crippen MR) is 81.7 cm³/mol. The molecule has 0 N–H and O–H groups in total. The molecule has 1 aromatic carbocycles. The molecule has 9 heteroatoms. The first-order valence-electron chi connectivity index (χ1n) is 6.88. The fourth-order valence-corrected chi connectivity index (χ4v) is 2.35. The molecule has 0 saturated heterocycles. The molecule has 24 heavy (non-hydrogen) atoms. The Bertz CT molecular complexity index is 599. The van der Waals surface area contributed by atoms with Crippen LogP contribution in [-0.2, 0) is 19.1 Å². The van der Waals surface area contributed by atoms with Gasteiger partial charge in [-0.3, -0.25) is 19.7 Å². The fraction of sp³-hybridized carbons (Fsp3) is 0.467. The molecule has 9 nitrogen and oxygen atoms in total. The van der Waals surface area contributed by atoms with Crippen molar-refractivity contribution in [3.05, 3.63) is 33.9 Å². The standard InChI is InChI=1S/C15H19NO8/c1-21-9-5-6-10(12(7-9)22-2)11(8-16(19)20)13(14(17)23-3)15(18)24-4/h5-7,11,13H,8H2,1-4H3/t11-/m0/s1. The van der Waals surface area contributed by atoms with Crippen molar-refractivity contribution >= 4 is 11.9 Å². The summed E-state index contributed by atoms with van der Waals surface area (Å²) in [5.41, 5.74) is 0.302. The number of hydrogen-bond donors (Lipinski definition) is 0. The van der Waals surface area contributed by atoms with E-state index in [2.05, 4.69) is 9.47 Å². The number of benzene rings is 1. The van der Waals surface area contributed by atoms with Gasteiger partial charge in [0.2, 0.25) is 6.54 Å². The Hall–Kier alpha value is -2.84. The molecule has 0 aromatic heterocycles. The van der Waals surface area contributed by atoms with Crippen molar-refractivity contribution in [2.24, 2.45) is 5.92 Å². The van der Waals surface area contributed by atoms with Crippen molar-refractivity contribution in [2.45, 2.75) is 5.92 Å². The molecule has 0 saturated carbocycles. The Morgan fingerprint density at radius 3 is 2.08 bits per heavy atom. The molecule has 0 aliphatic heterocycles. The van der Waals surface area contributed by atoms with E-state index >= 15 is 0 Å². The molecule has 0 fully saturated rings. The SMILES string of the molecule is COC(=O)C(C(=O)OC)[C@@H](C[N+](=O)[O-])c1ccc(OC)cc1OC. The molecule has 1 rings (SSSR count). The molecule has 0 aliphatic carbocycles. The maximum Gasteiger partial charge on any atom is 0.320 e. The highest BCUT2D eigenvalue weighted by Gasteiger charge is 2.42. The monoisotopic (exact) mass is 341 g/mol. The lowest BCUT2D eigenvalue weighted by Gasteiger charge is -2.22. The van der Waals surface area contributed by atoms with Gasteiger partial charge in [0.15, 0.2) is 5.92 Å². The van der Waals surface area contributed by atoms with Crippen molar-refractivity contribution in [3.8, 4) is 11.5 Å². The second kappa shape index (κ2) is 8.70.